The topological polar surface area (TPSA) is 53.0 Å². The van der Waals surface area contributed by atoms with E-state index in [0.717, 1.165) is 12.1 Å². The number of halogens is 3. The molecule has 0 radical (unpaired) electrons. The van der Waals surface area contributed by atoms with E-state index in [4.69, 9.17) is 0 Å². The Balaban J connectivity index is 0.00000144. The number of alkyl halides is 3. The summed E-state index contributed by atoms with van der Waals surface area (Å²) in [5.74, 6) is -1.28. The van der Waals surface area contributed by atoms with Gasteiger partial charge in [-0.3, -0.25) is 4.98 Å². The van der Waals surface area contributed by atoms with Gasteiger partial charge in [0.15, 0.2) is 0 Å². The maximum atomic E-state index is 12.2. The van der Waals surface area contributed by atoms with Crippen LogP contribution in [-0.2, 0) is 16.4 Å². The molecule has 1 aliphatic carbocycles. The summed E-state index contributed by atoms with van der Waals surface area (Å²) in [6.45, 7) is 0. The van der Waals surface area contributed by atoms with Crippen molar-refractivity contribution in [2.75, 3.05) is 0 Å². The summed E-state index contributed by atoms with van der Waals surface area (Å²) in [5, 5.41) is 10.8. The fourth-order valence-electron chi connectivity index (χ4n) is 1.53. The molecule has 0 N–H and O–H groups in total. The molecule has 1 aromatic heterocycles. The van der Waals surface area contributed by atoms with Crippen molar-refractivity contribution < 1.29 is 74.5 Å². The Morgan fingerprint density at radius 3 is 2.24 bits per heavy atom. The predicted octanol–water partition coefficient (Wildman–Crippen LogP) is -2.11. The molecule has 0 spiro atoms. The van der Waals surface area contributed by atoms with Crippen molar-refractivity contribution in [1.29, 1.82) is 0 Å². The minimum absolute atomic E-state index is 0. The summed E-state index contributed by atoms with van der Waals surface area (Å²) in [6, 6.07) is 1.94. The van der Waals surface area contributed by atoms with Crippen LogP contribution < -0.4 is 56.5 Å². The number of carboxylic acids is 1. The first-order chi connectivity index (χ1) is 7.36. The van der Waals surface area contributed by atoms with E-state index in [1.165, 1.54) is 0 Å². The van der Waals surface area contributed by atoms with Crippen LogP contribution in [0.3, 0.4) is 0 Å². The van der Waals surface area contributed by atoms with E-state index < -0.39 is 23.1 Å². The standard InChI is InChI=1S/C10H8F3NO2.K/c11-10(12,13)6-1-2-7(14-5-6)9(3-4-9)8(15)16;/h1-2,5H,3-4H2,(H,15,16);/q;+1/p-1. The first kappa shape index (κ1) is 15.1. The number of carbonyl (C=O) groups excluding carboxylic acids is 1. The quantitative estimate of drug-likeness (QED) is 0.577. The van der Waals surface area contributed by atoms with E-state index in [1.807, 2.05) is 0 Å². The summed E-state index contributed by atoms with van der Waals surface area (Å²) in [6.07, 6.45) is -3.07. The molecule has 1 aliphatic rings. The van der Waals surface area contributed by atoms with E-state index in [0.29, 0.717) is 19.0 Å². The van der Waals surface area contributed by atoms with Crippen molar-refractivity contribution in [2.24, 2.45) is 0 Å². The Labute approximate surface area is 138 Å². The molecule has 0 aromatic carbocycles. The van der Waals surface area contributed by atoms with Crippen LogP contribution in [0.5, 0.6) is 0 Å². The second-order valence-corrected chi connectivity index (χ2v) is 3.80. The van der Waals surface area contributed by atoms with Gasteiger partial charge in [0, 0.05) is 6.20 Å². The van der Waals surface area contributed by atoms with Crippen molar-refractivity contribution in [1.82, 2.24) is 4.98 Å². The molecule has 1 saturated carbocycles. The largest absolute Gasteiger partial charge is 1.00 e. The molecule has 1 fully saturated rings. The predicted molar refractivity (Wildman–Crippen MR) is 45.2 cm³/mol. The first-order valence-corrected chi connectivity index (χ1v) is 4.61. The molecule has 1 heterocycles. The van der Waals surface area contributed by atoms with Gasteiger partial charge in [0.1, 0.15) is 0 Å². The van der Waals surface area contributed by atoms with Gasteiger partial charge in [0.05, 0.1) is 22.6 Å². The molecule has 0 aliphatic heterocycles. The molecule has 0 unspecified atom stereocenters. The number of hydrogen-bond donors (Lipinski definition) is 0. The molecule has 0 saturated heterocycles. The number of carboxylic acid groups (broad SMARTS) is 1. The Hall–Kier alpha value is 0.0464. The van der Waals surface area contributed by atoms with Gasteiger partial charge in [-0.1, -0.05) is 0 Å². The Morgan fingerprint density at radius 2 is 1.94 bits per heavy atom. The van der Waals surface area contributed by atoms with Crippen LogP contribution in [0, 0.1) is 0 Å². The third-order valence-corrected chi connectivity index (χ3v) is 2.72. The average molecular weight is 269 g/mol. The molecule has 3 nitrogen and oxygen atoms in total. The molecule has 2 rings (SSSR count). The number of hydrogen-bond acceptors (Lipinski definition) is 3. The van der Waals surface area contributed by atoms with Gasteiger partial charge in [0.25, 0.3) is 0 Å². The van der Waals surface area contributed by atoms with Gasteiger partial charge in [-0.2, -0.15) is 13.2 Å². The molecular weight excluding hydrogens is 262 g/mol. The summed E-state index contributed by atoms with van der Waals surface area (Å²) >= 11 is 0. The normalized spacial score (nSPS) is 17.1. The second-order valence-electron chi connectivity index (χ2n) is 3.80. The minimum atomic E-state index is -4.45. The zero-order valence-corrected chi connectivity index (χ0v) is 12.2. The molecule has 86 valence electrons. The van der Waals surface area contributed by atoms with E-state index in [-0.39, 0.29) is 57.1 Å². The Bertz CT molecular complexity index is 426. The van der Waals surface area contributed by atoms with Gasteiger partial charge in [-0.15, -0.1) is 0 Å². The number of pyridine rings is 1. The van der Waals surface area contributed by atoms with E-state index >= 15 is 0 Å². The zero-order chi connectivity index (χ0) is 12.0. The molecular formula is C10H7F3KNO2. The number of nitrogens with zero attached hydrogens (tertiary/aromatic N) is 1. The van der Waals surface area contributed by atoms with Crippen molar-refractivity contribution in [3.05, 3.63) is 29.6 Å². The number of carbonyl (C=O) groups is 1. The number of rotatable bonds is 2. The van der Waals surface area contributed by atoms with Gasteiger partial charge in [0.2, 0.25) is 0 Å². The van der Waals surface area contributed by atoms with Crippen LogP contribution in [0.4, 0.5) is 13.2 Å². The van der Waals surface area contributed by atoms with Gasteiger partial charge < -0.3 is 9.90 Å². The van der Waals surface area contributed by atoms with Crippen LogP contribution in [0.15, 0.2) is 18.3 Å². The fraction of sp³-hybridized carbons (Fsp3) is 0.400. The summed E-state index contributed by atoms with van der Waals surface area (Å²) in [7, 11) is 0. The third kappa shape index (κ3) is 2.90. The van der Waals surface area contributed by atoms with Gasteiger partial charge >= 0.3 is 57.6 Å². The minimum Gasteiger partial charge on any atom is -0.549 e. The number of aliphatic carboxylic acids is 1. The van der Waals surface area contributed by atoms with E-state index in [9.17, 15) is 23.1 Å². The third-order valence-electron chi connectivity index (χ3n) is 2.72. The van der Waals surface area contributed by atoms with E-state index in [2.05, 4.69) is 4.98 Å². The average Bonchev–Trinajstić information content (AvgIpc) is 2.97. The molecule has 7 heteroatoms. The summed E-state index contributed by atoms with van der Waals surface area (Å²) in [4.78, 5) is 14.4. The summed E-state index contributed by atoms with van der Waals surface area (Å²) in [5.41, 5.74) is -1.91. The molecule has 0 amide bonds. The van der Waals surface area contributed by atoms with Crippen LogP contribution in [0.2, 0.25) is 0 Å². The van der Waals surface area contributed by atoms with E-state index in [1.54, 1.807) is 0 Å². The first-order valence-electron chi connectivity index (χ1n) is 4.61. The maximum Gasteiger partial charge on any atom is 1.00 e. The molecule has 0 atom stereocenters. The summed E-state index contributed by atoms with van der Waals surface area (Å²) < 4.78 is 36.7. The molecule has 0 bridgehead atoms. The molecule has 17 heavy (non-hydrogen) atoms. The van der Waals surface area contributed by atoms with Crippen molar-refractivity contribution in [3.8, 4) is 0 Å². The maximum absolute atomic E-state index is 12.2. The number of aromatic nitrogens is 1. The van der Waals surface area contributed by atoms with Crippen LogP contribution in [0.1, 0.15) is 24.1 Å². The second kappa shape index (κ2) is 4.97. The van der Waals surface area contributed by atoms with Crippen LogP contribution >= 0.6 is 0 Å². The van der Waals surface area contributed by atoms with Gasteiger partial charge in [-0.05, 0) is 25.0 Å². The monoisotopic (exact) mass is 269 g/mol. The van der Waals surface area contributed by atoms with Crippen LogP contribution in [0.25, 0.3) is 0 Å². The zero-order valence-electron chi connectivity index (χ0n) is 9.04. The Kier molecular flexibility index (Phi) is 4.41. The van der Waals surface area contributed by atoms with Crippen molar-refractivity contribution >= 4 is 5.97 Å². The fourth-order valence-corrected chi connectivity index (χ4v) is 1.53. The Morgan fingerprint density at radius 1 is 1.35 bits per heavy atom. The SMILES string of the molecule is O=C([O-])C1(c2ccc(C(F)(F)F)cn2)CC1.[K+]. The molecule has 1 aromatic rings. The van der Waals surface area contributed by atoms with Crippen molar-refractivity contribution in [3.63, 3.8) is 0 Å². The van der Waals surface area contributed by atoms with Gasteiger partial charge in [-0.25, -0.2) is 0 Å². The smallest absolute Gasteiger partial charge is 0.549 e. The van der Waals surface area contributed by atoms with Crippen LogP contribution in [-0.4, -0.2) is 11.0 Å². The van der Waals surface area contributed by atoms with Crippen molar-refractivity contribution in [2.45, 2.75) is 24.4 Å².